The molecule has 1 unspecified atom stereocenters. The summed E-state index contributed by atoms with van der Waals surface area (Å²) in [5.41, 5.74) is 1.40. The van der Waals surface area contributed by atoms with Gasteiger partial charge in [-0.2, -0.15) is 8.42 Å². The lowest BCUT2D eigenvalue weighted by Gasteiger charge is -2.19. The van der Waals surface area contributed by atoms with E-state index in [2.05, 4.69) is 0 Å². The van der Waals surface area contributed by atoms with Crippen LogP contribution in [-0.2, 0) is 15.0 Å². The van der Waals surface area contributed by atoms with Gasteiger partial charge in [-0.15, -0.1) is 3.89 Å². The Labute approximate surface area is 116 Å². The van der Waals surface area contributed by atoms with Gasteiger partial charge in [0.2, 0.25) is 5.91 Å². The predicted octanol–water partition coefficient (Wildman–Crippen LogP) is 2.30. The van der Waals surface area contributed by atoms with Crippen LogP contribution < -0.4 is 4.90 Å². The third-order valence-electron chi connectivity index (χ3n) is 3.17. The highest BCUT2D eigenvalue weighted by Crippen LogP contribution is 2.31. The van der Waals surface area contributed by atoms with Crippen LogP contribution in [0.5, 0.6) is 0 Å². The molecule has 7 heteroatoms. The Morgan fingerprint density at radius 1 is 1.47 bits per heavy atom. The van der Waals surface area contributed by atoms with Crippen molar-refractivity contribution in [3.63, 3.8) is 0 Å². The van der Waals surface area contributed by atoms with Gasteiger partial charge in [0.25, 0.3) is 0 Å². The number of amides is 1. The number of benzene rings is 1. The lowest BCUT2D eigenvalue weighted by Crippen LogP contribution is -2.26. The minimum absolute atomic E-state index is 0.0368. The fourth-order valence-corrected chi connectivity index (χ4v) is 3.25. The Morgan fingerprint density at radius 2 is 2.16 bits per heavy atom. The molecule has 0 aromatic heterocycles. The average molecular weight is 306 g/mol. The van der Waals surface area contributed by atoms with Crippen molar-refractivity contribution in [3.05, 3.63) is 28.8 Å². The molecule has 1 aromatic carbocycles. The van der Waals surface area contributed by atoms with Gasteiger partial charge in [0.05, 0.1) is 5.75 Å². The average Bonchev–Trinajstić information content (AvgIpc) is 2.61. The summed E-state index contributed by atoms with van der Waals surface area (Å²) in [6, 6.07) is 5.17. The van der Waals surface area contributed by atoms with E-state index >= 15 is 0 Å². The maximum absolute atomic E-state index is 12.7. The molecule has 4 nitrogen and oxygen atoms in total. The van der Waals surface area contributed by atoms with Gasteiger partial charge in [-0.3, -0.25) is 4.79 Å². The van der Waals surface area contributed by atoms with E-state index in [4.69, 9.17) is 11.6 Å². The van der Waals surface area contributed by atoms with Crippen molar-refractivity contribution < 1.29 is 17.1 Å². The summed E-state index contributed by atoms with van der Waals surface area (Å²) >= 11 is 5.99. The second kappa shape index (κ2) is 5.09. The highest BCUT2D eigenvalue weighted by molar-refractivity contribution is 7.86. The van der Waals surface area contributed by atoms with Crippen LogP contribution in [0.25, 0.3) is 0 Å². The van der Waals surface area contributed by atoms with Crippen molar-refractivity contribution in [2.24, 2.45) is 5.92 Å². The fraction of sp³-hybridized carbons (Fsp3) is 0.417. The lowest BCUT2D eigenvalue weighted by atomic mass is 10.1. The molecule has 1 atom stereocenters. The van der Waals surface area contributed by atoms with Gasteiger partial charge >= 0.3 is 10.2 Å². The van der Waals surface area contributed by atoms with Crippen molar-refractivity contribution >= 4 is 33.4 Å². The third-order valence-corrected chi connectivity index (χ3v) is 4.45. The van der Waals surface area contributed by atoms with Crippen molar-refractivity contribution in [1.82, 2.24) is 0 Å². The molecule has 1 saturated heterocycles. The van der Waals surface area contributed by atoms with Crippen molar-refractivity contribution in [1.29, 1.82) is 0 Å². The standard InChI is InChI=1S/C12H13ClFNO3S/c1-8-10(13)3-2-4-11(8)15-6-9(5-12(15)16)7-19(14,17)18/h2-4,9H,5-7H2,1H3. The summed E-state index contributed by atoms with van der Waals surface area (Å²) in [7, 11) is -4.56. The number of carbonyl (C=O) groups excluding carboxylic acids is 1. The number of anilines is 1. The van der Waals surface area contributed by atoms with Crippen LogP contribution in [0.3, 0.4) is 0 Å². The largest absolute Gasteiger partial charge is 0.312 e. The summed E-state index contributed by atoms with van der Waals surface area (Å²) in [5, 5.41) is 0.534. The summed E-state index contributed by atoms with van der Waals surface area (Å²) < 4.78 is 33.9. The molecule has 1 fully saturated rings. The second-order valence-corrected chi connectivity index (χ2v) is 6.48. The van der Waals surface area contributed by atoms with E-state index in [1.165, 1.54) is 4.90 Å². The predicted molar refractivity (Wildman–Crippen MR) is 71.5 cm³/mol. The van der Waals surface area contributed by atoms with Crippen LogP contribution in [0, 0.1) is 12.8 Å². The first-order chi connectivity index (χ1) is 8.78. The number of carbonyl (C=O) groups is 1. The molecule has 104 valence electrons. The molecule has 0 aliphatic carbocycles. The van der Waals surface area contributed by atoms with E-state index in [0.29, 0.717) is 10.7 Å². The first-order valence-corrected chi connectivity index (χ1v) is 7.69. The van der Waals surface area contributed by atoms with Crippen molar-refractivity contribution in [2.45, 2.75) is 13.3 Å². The van der Waals surface area contributed by atoms with Crippen LogP contribution in [0.2, 0.25) is 5.02 Å². The molecule has 1 aliphatic rings. The number of nitrogens with zero attached hydrogens (tertiary/aromatic N) is 1. The molecule has 0 bridgehead atoms. The van der Waals surface area contributed by atoms with E-state index < -0.39 is 21.9 Å². The second-order valence-electron chi connectivity index (χ2n) is 4.66. The molecule has 2 rings (SSSR count). The van der Waals surface area contributed by atoms with E-state index in [1.54, 1.807) is 25.1 Å². The molecule has 0 radical (unpaired) electrons. The van der Waals surface area contributed by atoms with Crippen molar-refractivity contribution in [2.75, 3.05) is 17.2 Å². The Hall–Kier alpha value is -1.14. The Kier molecular flexibility index (Phi) is 3.82. The van der Waals surface area contributed by atoms with Crippen LogP contribution >= 0.6 is 11.6 Å². The molecule has 1 amide bonds. The minimum Gasteiger partial charge on any atom is -0.312 e. The zero-order chi connectivity index (χ0) is 14.2. The number of halogens is 2. The van der Waals surface area contributed by atoms with Crippen LogP contribution in [0.1, 0.15) is 12.0 Å². The summed E-state index contributed by atoms with van der Waals surface area (Å²) in [6.45, 7) is 1.98. The maximum atomic E-state index is 12.7. The van der Waals surface area contributed by atoms with E-state index in [-0.39, 0.29) is 18.9 Å². The molecule has 1 heterocycles. The first kappa shape index (κ1) is 14.3. The fourth-order valence-electron chi connectivity index (χ4n) is 2.30. The topological polar surface area (TPSA) is 54.5 Å². The van der Waals surface area contributed by atoms with Gasteiger partial charge in [0.15, 0.2) is 0 Å². The SMILES string of the molecule is Cc1c(Cl)cccc1N1CC(CS(=O)(=O)F)CC1=O. The maximum Gasteiger partial charge on any atom is 0.302 e. The van der Waals surface area contributed by atoms with Gasteiger partial charge in [-0.25, -0.2) is 0 Å². The van der Waals surface area contributed by atoms with Gasteiger partial charge in [-0.05, 0) is 24.6 Å². The molecular weight excluding hydrogens is 293 g/mol. The van der Waals surface area contributed by atoms with Crippen LogP contribution in [0.4, 0.5) is 9.57 Å². The Bertz CT molecular complexity index is 617. The molecule has 19 heavy (non-hydrogen) atoms. The zero-order valence-electron chi connectivity index (χ0n) is 10.3. The lowest BCUT2D eigenvalue weighted by molar-refractivity contribution is -0.117. The van der Waals surface area contributed by atoms with Gasteiger partial charge < -0.3 is 4.90 Å². The Balaban J connectivity index is 2.23. The summed E-state index contributed by atoms with van der Waals surface area (Å²) in [4.78, 5) is 13.4. The molecule has 0 saturated carbocycles. The molecule has 1 aromatic rings. The number of hydrogen-bond acceptors (Lipinski definition) is 3. The van der Waals surface area contributed by atoms with Crippen LogP contribution in [-0.4, -0.2) is 26.6 Å². The van der Waals surface area contributed by atoms with E-state index in [0.717, 1.165) is 5.56 Å². The molecular formula is C12H13ClFNO3S. The molecule has 0 spiro atoms. The van der Waals surface area contributed by atoms with Gasteiger partial charge in [-0.1, -0.05) is 17.7 Å². The summed E-state index contributed by atoms with van der Waals surface area (Å²) in [5.74, 6) is -1.34. The number of rotatable bonds is 3. The Morgan fingerprint density at radius 3 is 2.79 bits per heavy atom. The van der Waals surface area contributed by atoms with E-state index in [1.807, 2.05) is 0 Å². The first-order valence-electron chi connectivity index (χ1n) is 5.76. The minimum atomic E-state index is -4.56. The molecule has 0 N–H and O–H groups in total. The third kappa shape index (κ3) is 3.25. The normalized spacial score (nSPS) is 20.1. The monoisotopic (exact) mass is 305 g/mol. The number of hydrogen-bond donors (Lipinski definition) is 0. The van der Waals surface area contributed by atoms with Crippen LogP contribution in [0.15, 0.2) is 18.2 Å². The smallest absolute Gasteiger partial charge is 0.302 e. The highest BCUT2D eigenvalue weighted by atomic mass is 35.5. The van der Waals surface area contributed by atoms with E-state index in [9.17, 15) is 17.1 Å². The quantitative estimate of drug-likeness (QED) is 0.805. The van der Waals surface area contributed by atoms with Crippen molar-refractivity contribution in [3.8, 4) is 0 Å². The molecule has 1 aliphatic heterocycles. The zero-order valence-corrected chi connectivity index (χ0v) is 11.8. The summed E-state index contributed by atoms with van der Waals surface area (Å²) in [6.07, 6.45) is 0.0368. The van der Waals surface area contributed by atoms with Gasteiger partial charge in [0, 0.05) is 29.6 Å². The van der Waals surface area contributed by atoms with Gasteiger partial charge in [0.1, 0.15) is 0 Å². The highest BCUT2D eigenvalue weighted by Gasteiger charge is 2.34.